The number of carboxylic acids is 1. The number of aryl methyl sites for hydroxylation is 1. The average Bonchev–Trinajstić information content (AvgIpc) is 3.07. The van der Waals surface area contributed by atoms with E-state index in [0.29, 0.717) is 5.56 Å². The highest BCUT2D eigenvalue weighted by Crippen LogP contribution is 2.44. The number of ether oxygens (including phenoxy) is 1. The Morgan fingerprint density at radius 3 is 2.07 bits per heavy atom. The molecule has 0 saturated carbocycles. The molecule has 1 amide bonds. The van der Waals surface area contributed by atoms with Gasteiger partial charge in [-0.1, -0.05) is 78.4 Å². The summed E-state index contributed by atoms with van der Waals surface area (Å²) in [6, 6.07) is 23.5. The molecule has 5 heteroatoms. The van der Waals surface area contributed by atoms with Crippen molar-refractivity contribution in [2.24, 2.45) is 0 Å². The molecule has 0 aliphatic heterocycles. The van der Waals surface area contributed by atoms with Crippen molar-refractivity contribution in [2.75, 3.05) is 13.2 Å². The van der Waals surface area contributed by atoms with Crippen molar-refractivity contribution in [3.63, 3.8) is 0 Å². The number of alkyl carbamates (subject to hydrolysis) is 1. The van der Waals surface area contributed by atoms with Gasteiger partial charge in [0, 0.05) is 12.5 Å². The van der Waals surface area contributed by atoms with Crippen LogP contribution in [-0.2, 0) is 9.53 Å². The lowest BCUT2D eigenvalue weighted by atomic mass is 9.98. The summed E-state index contributed by atoms with van der Waals surface area (Å²) >= 11 is 0. The summed E-state index contributed by atoms with van der Waals surface area (Å²) < 4.78 is 5.48. The molecule has 4 rings (SSSR count). The number of amides is 1. The lowest BCUT2D eigenvalue weighted by Crippen LogP contribution is -2.32. The van der Waals surface area contributed by atoms with E-state index in [1.165, 1.54) is 0 Å². The summed E-state index contributed by atoms with van der Waals surface area (Å²) in [5.41, 5.74) is 6.28. The number of nitrogens with one attached hydrogen (secondary N) is 1. The van der Waals surface area contributed by atoms with Crippen LogP contribution in [0.25, 0.3) is 11.1 Å². The molecule has 0 spiro atoms. The normalized spacial score (nSPS) is 13.2. The minimum atomic E-state index is -0.988. The van der Waals surface area contributed by atoms with E-state index in [1.807, 2.05) is 43.3 Å². The van der Waals surface area contributed by atoms with E-state index in [-0.39, 0.29) is 19.1 Å². The number of hydrogen-bond donors (Lipinski definition) is 2. The van der Waals surface area contributed by atoms with Crippen molar-refractivity contribution in [3.05, 3.63) is 95.1 Å². The highest BCUT2D eigenvalue weighted by molar-refractivity contribution is 5.79. The minimum absolute atomic E-state index is 0.0319. The van der Waals surface area contributed by atoms with Crippen molar-refractivity contribution in [1.29, 1.82) is 0 Å². The second-order valence-corrected chi connectivity index (χ2v) is 7.51. The fourth-order valence-corrected chi connectivity index (χ4v) is 3.98. The predicted molar refractivity (Wildman–Crippen MR) is 115 cm³/mol. The molecule has 1 atom stereocenters. The number of fused-ring (bicyclic) bond motifs is 3. The number of rotatable bonds is 6. The molecule has 3 aromatic rings. The Bertz CT molecular complexity index is 1030. The van der Waals surface area contributed by atoms with Crippen LogP contribution in [0.1, 0.15) is 34.1 Å². The summed E-state index contributed by atoms with van der Waals surface area (Å²) in [6.45, 7) is 2.10. The molecule has 3 aromatic carbocycles. The molecule has 152 valence electrons. The van der Waals surface area contributed by atoms with E-state index >= 15 is 0 Å². The predicted octanol–water partition coefficient (Wildman–Crippen LogP) is 4.70. The minimum Gasteiger partial charge on any atom is -0.481 e. The quantitative estimate of drug-likeness (QED) is 0.628. The summed E-state index contributed by atoms with van der Waals surface area (Å²) in [7, 11) is 0. The molecule has 0 bridgehead atoms. The van der Waals surface area contributed by atoms with E-state index in [0.717, 1.165) is 27.8 Å². The second kappa shape index (κ2) is 8.41. The second-order valence-electron chi connectivity index (χ2n) is 7.51. The van der Waals surface area contributed by atoms with Crippen molar-refractivity contribution in [2.45, 2.75) is 18.8 Å². The number of aliphatic carboxylic acids is 1. The maximum atomic E-state index is 12.3. The Balaban J connectivity index is 1.40. The monoisotopic (exact) mass is 401 g/mol. The van der Waals surface area contributed by atoms with Crippen molar-refractivity contribution in [3.8, 4) is 11.1 Å². The Kier molecular flexibility index (Phi) is 5.53. The molecule has 0 radical (unpaired) electrons. The third-order valence-electron chi connectivity index (χ3n) is 5.57. The van der Waals surface area contributed by atoms with Gasteiger partial charge in [-0.3, -0.25) is 4.79 Å². The van der Waals surface area contributed by atoms with Crippen LogP contribution in [0, 0.1) is 6.92 Å². The summed E-state index contributed by atoms with van der Waals surface area (Å²) in [5.74, 6) is -1.85. The molecule has 1 aliphatic rings. The van der Waals surface area contributed by atoms with Crippen LogP contribution >= 0.6 is 0 Å². The number of carboxylic acid groups (broad SMARTS) is 1. The first-order valence-corrected chi connectivity index (χ1v) is 9.93. The van der Waals surface area contributed by atoms with Gasteiger partial charge in [0.1, 0.15) is 6.61 Å². The van der Waals surface area contributed by atoms with Crippen LogP contribution in [-0.4, -0.2) is 30.3 Å². The Morgan fingerprint density at radius 1 is 0.933 bits per heavy atom. The Hall–Kier alpha value is -3.60. The maximum Gasteiger partial charge on any atom is 0.407 e. The first-order valence-electron chi connectivity index (χ1n) is 9.93. The van der Waals surface area contributed by atoms with Gasteiger partial charge in [-0.2, -0.15) is 0 Å². The van der Waals surface area contributed by atoms with Crippen LogP contribution in [0.2, 0.25) is 0 Å². The zero-order valence-corrected chi connectivity index (χ0v) is 16.7. The van der Waals surface area contributed by atoms with Gasteiger partial charge in [0.05, 0.1) is 5.92 Å². The molecular formula is C25H23NO4. The van der Waals surface area contributed by atoms with Crippen LogP contribution in [0.3, 0.4) is 0 Å². The molecule has 0 aromatic heterocycles. The Labute approximate surface area is 175 Å². The maximum absolute atomic E-state index is 12.3. The fourth-order valence-electron chi connectivity index (χ4n) is 3.98. The number of hydrogen-bond acceptors (Lipinski definition) is 3. The number of carbonyl (C=O) groups excluding carboxylic acids is 1. The highest BCUT2D eigenvalue weighted by atomic mass is 16.5. The van der Waals surface area contributed by atoms with E-state index in [2.05, 4.69) is 29.6 Å². The largest absolute Gasteiger partial charge is 0.481 e. The standard InChI is InChI=1S/C25H23NO4/c1-16-10-12-17(13-11-16)22(24(27)28)14-26-25(29)30-15-23-20-8-4-2-6-18(20)19-7-3-5-9-21(19)23/h2-13,22-23H,14-15H2,1H3,(H,26,29)(H,27,28). The van der Waals surface area contributed by atoms with Crippen LogP contribution < -0.4 is 5.32 Å². The average molecular weight is 401 g/mol. The van der Waals surface area contributed by atoms with Gasteiger partial charge in [-0.15, -0.1) is 0 Å². The van der Waals surface area contributed by atoms with E-state index < -0.39 is 18.0 Å². The van der Waals surface area contributed by atoms with E-state index in [4.69, 9.17) is 4.74 Å². The molecule has 1 unspecified atom stereocenters. The zero-order valence-electron chi connectivity index (χ0n) is 16.7. The molecule has 0 heterocycles. The van der Waals surface area contributed by atoms with Gasteiger partial charge in [-0.05, 0) is 34.7 Å². The summed E-state index contributed by atoms with van der Waals surface area (Å²) in [5, 5.41) is 12.1. The molecule has 30 heavy (non-hydrogen) atoms. The SMILES string of the molecule is Cc1ccc(C(CNC(=O)OCC2c3ccccc3-c3ccccc32)C(=O)O)cc1. The summed E-state index contributed by atoms with van der Waals surface area (Å²) in [6.07, 6.45) is -0.616. The van der Waals surface area contributed by atoms with Gasteiger partial charge < -0.3 is 15.2 Å². The molecule has 0 saturated heterocycles. The first kappa shape index (κ1) is 19.7. The van der Waals surface area contributed by atoms with Gasteiger partial charge in [-0.25, -0.2) is 4.79 Å². The fraction of sp³-hybridized carbons (Fsp3) is 0.200. The van der Waals surface area contributed by atoms with E-state index in [9.17, 15) is 14.7 Å². The first-order chi connectivity index (χ1) is 14.5. The highest BCUT2D eigenvalue weighted by Gasteiger charge is 2.29. The molecule has 5 nitrogen and oxygen atoms in total. The van der Waals surface area contributed by atoms with E-state index in [1.54, 1.807) is 12.1 Å². The van der Waals surface area contributed by atoms with Crippen LogP contribution in [0.15, 0.2) is 72.8 Å². The summed E-state index contributed by atoms with van der Waals surface area (Å²) in [4.78, 5) is 24.0. The van der Waals surface area contributed by atoms with Gasteiger partial charge in [0.2, 0.25) is 0 Å². The molecule has 0 fully saturated rings. The van der Waals surface area contributed by atoms with Gasteiger partial charge in [0.15, 0.2) is 0 Å². The molecular weight excluding hydrogens is 378 g/mol. The zero-order chi connectivity index (χ0) is 21.1. The van der Waals surface area contributed by atoms with Crippen molar-refractivity contribution < 1.29 is 19.4 Å². The smallest absolute Gasteiger partial charge is 0.407 e. The van der Waals surface area contributed by atoms with Gasteiger partial charge >= 0.3 is 12.1 Å². The van der Waals surface area contributed by atoms with Gasteiger partial charge in [0.25, 0.3) is 0 Å². The lowest BCUT2D eigenvalue weighted by Gasteiger charge is -2.16. The molecule has 2 N–H and O–H groups in total. The lowest BCUT2D eigenvalue weighted by molar-refractivity contribution is -0.138. The molecule has 1 aliphatic carbocycles. The third-order valence-corrected chi connectivity index (χ3v) is 5.57. The van der Waals surface area contributed by atoms with Crippen molar-refractivity contribution >= 4 is 12.1 Å². The Morgan fingerprint density at radius 2 is 1.50 bits per heavy atom. The van der Waals surface area contributed by atoms with Crippen molar-refractivity contribution in [1.82, 2.24) is 5.32 Å². The number of benzene rings is 3. The number of carbonyl (C=O) groups is 2. The van der Waals surface area contributed by atoms with Crippen LogP contribution in [0.4, 0.5) is 4.79 Å². The van der Waals surface area contributed by atoms with Crippen LogP contribution in [0.5, 0.6) is 0 Å². The third kappa shape index (κ3) is 3.92. The topological polar surface area (TPSA) is 75.6 Å².